The summed E-state index contributed by atoms with van der Waals surface area (Å²) in [6.45, 7) is 6.14. The normalized spacial score (nSPS) is 22.6. The summed E-state index contributed by atoms with van der Waals surface area (Å²) in [4.78, 5) is 2.52. The van der Waals surface area contributed by atoms with Gasteiger partial charge in [-0.2, -0.15) is 5.10 Å². The monoisotopic (exact) mass is 265 g/mol. The maximum atomic E-state index is 9.64. The molecule has 4 heteroatoms. The molecule has 19 heavy (non-hydrogen) atoms. The third kappa shape index (κ3) is 3.80. The number of aliphatic hydroxyl groups is 1. The number of piperidine rings is 1. The van der Waals surface area contributed by atoms with Crippen molar-refractivity contribution in [2.45, 2.75) is 64.6 Å². The molecule has 1 aliphatic heterocycles. The lowest BCUT2D eigenvalue weighted by atomic mass is 9.97. The van der Waals surface area contributed by atoms with Gasteiger partial charge in [-0.15, -0.1) is 0 Å². The van der Waals surface area contributed by atoms with E-state index in [1.54, 1.807) is 0 Å². The van der Waals surface area contributed by atoms with E-state index in [1.807, 2.05) is 18.7 Å². The van der Waals surface area contributed by atoms with Crippen molar-refractivity contribution in [2.75, 3.05) is 6.54 Å². The van der Waals surface area contributed by atoms with Crippen molar-refractivity contribution in [1.29, 1.82) is 0 Å². The molecule has 0 bridgehead atoms. The molecule has 1 fully saturated rings. The predicted octanol–water partition coefficient (Wildman–Crippen LogP) is 2.11. The first-order chi connectivity index (χ1) is 9.10. The molecule has 0 radical (unpaired) electrons. The van der Waals surface area contributed by atoms with Gasteiger partial charge in [0.15, 0.2) is 0 Å². The Morgan fingerprint density at radius 1 is 1.47 bits per heavy atom. The highest BCUT2D eigenvalue weighted by molar-refractivity contribution is 5.10. The van der Waals surface area contributed by atoms with Gasteiger partial charge in [-0.1, -0.05) is 13.3 Å². The Hall–Kier alpha value is -0.870. The van der Waals surface area contributed by atoms with Crippen LogP contribution in [0.4, 0.5) is 0 Å². The number of hydrogen-bond acceptors (Lipinski definition) is 3. The van der Waals surface area contributed by atoms with E-state index in [-0.39, 0.29) is 6.10 Å². The maximum absolute atomic E-state index is 9.64. The van der Waals surface area contributed by atoms with E-state index in [4.69, 9.17) is 0 Å². The van der Waals surface area contributed by atoms with Crippen LogP contribution < -0.4 is 0 Å². The Morgan fingerprint density at radius 3 is 2.89 bits per heavy atom. The zero-order valence-corrected chi connectivity index (χ0v) is 12.5. The molecule has 1 aliphatic rings. The van der Waals surface area contributed by atoms with Crippen LogP contribution in [0.25, 0.3) is 0 Å². The first-order valence-electron chi connectivity index (χ1n) is 7.54. The average molecular weight is 265 g/mol. The van der Waals surface area contributed by atoms with Crippen LogP contribution in [0.3, 0.4) is 0 Å². The third-order valence-electron chi connectivity index (χ3n) is 4.12. The highest BCUT2D eigenvalue weighted by atomic mass is 16.3. The Balaban J connectivity index is 2.03. The lowest BCUT2D eigenvalue weighted by Gasteiger charge is -2.36. The summed E-state index contributed by atoms with van der Waals surface area (Å²) >= 11 is 0. The fourth-order valence-corrected chi connectivity index (χ4v) is 3.03. The largest absolute Gasteiger partial charge is 0.393 e. The fraction of sp³-hybridized carbons (Fsp3) is 0.800. The summed E-state index contributed by atoms with van der Waals surface area (Å²) < 4.78 is 2.01. The molecule has 2 heterocycles. The number of aromatic nitrogens is 2. The molecule has 0 saturated carbocycles. The fourth-order valence-electron chi connectivity index (χ4n) is 3.03. The van der Waals surface area contributed by atoms with Gasteiger partial charge in [0.25, 0.3) is 0 Å². The molecule has 0 spiro atoms. The Morgan fingerprint density at radius 2 is 2.26 bits per heavy atom. The van der Waals surface area contributed by atoms with Gasteiger partial charge in [-0.3, -0.25) is 9.58 Å². The Labute approximate surface area is 116 Å². The van der Waals surface area contributed by atoms with Crippen LogP contribution in [-0.4, -0.2) is 38.5 Å². The summed E-state index contributed by atoms with van der Waals surface area (Å²) in [5.74, 6) is 0. The van der Waals surface area contributed by atoms with E-state index in [1.165, 1.54) is 30.7 Å². The molecular formula is C15H27N3O. The summed E-state index contributed by atoms with van der Waals surface area (Å²) in [6, 6.07) is 2.74. The van der Waals surface area contributed by atoms with Crippen molar-refractivity contribution in [3.05, 3.63) is 17.5 Å². The number of aliphatic hydroxyl groups excluding tert-OH is 1. The van der Waals surface area contributed by atoms with Crippen LogP contribution in [0, 0.1) is 0 Å². The third-order valence-corrected chi connectivity index (χ3v) is 4.12. The molecule has 0 aromatic carbocycles. The Bertz CT molecular complexity index is 400. The number of rotatable bonds is 5. The second-order valence-corrected chi connectivity index (χ2v) is 5.81. The second kappa shape index (κ2) is 6.53. The van der Waals surface area contributed by atoms with Gasteiger partial charge in [0.2, 0.25) is 0 Å². The molecule has 1 saturated heterocycles. The molecule has 4 nitrogen and oxygen atoms in total. The van der Waals surface area contributed by atoms with Crippen molar-refractivity contribution in [3.8, 4) is 0 Å². The topological polar surface area (TPSA) is 41.3 Å². The number of aryl methyl sites for hydroxylation is 2. The van der Waals surface area contributed by atoms with Gasteiger partial charge >= 0.3 is 0 Å². The molecule has 0 aliphatic carbocycles. The second-order valence-electron chi connectivity index (χ2n) is 5.81. The zero-order chi connectivity index (χ0) is 13.8. The number of likely N-dealkylation sites (tertiary alicyclic amines) is 1. The molecule has 2 unspecified atom stereocenters. The van der Waals surface area contributed by atoms with E-state index in [2.05, 4.69) is 23.0 Å². The quantitative estimate of drug-likeness (QED) is 0.886. The van der Waals surface area contributed by atoms with Gasteiger partial charge in [0.1, 0.15) is 0 Å². The smallest absolute Gasteiger partial charge is 0.0625 e. The average Bonchev–Trinajstić information content (AvgIpc) is 2.72. The van der Waals surface area contributed by atoms with Gasteiger partial charge < -0.3 is 5.11 Å². The summed E-state index contributed by atoms with van der Waals surface area (Å²) in [5.41, 5.74) is 2.45. The van der Waals surface area contributed by atoms with Crippen LogP contribution in [0.1, 0.15) is 50.9 Å². The lowest BCUT2D eigenvalue weighted by Crippen LogP contribution is -2.40. The van der Waals surface area contributed by atoms with Crippen LogP contribution in [0.15, 0.2) is 6.07 Å². The van der Waals surface area contributed by atoms with Gasteiger partial charge in [-0.25, -0.2) is 0 Å². The maximum Gasteiger partial charge on any atom is 0.0625 e. The zero-order valence-electron chi connectivity index (χ0n) is 12.5. The number of nitrogens with zero attached hydrogens (tertiary/aromatic N) is 3. The van der Waals surface area contributed by atoms with Crippen molar-refractivity contribution >= 4 is 0 Å². The van der Waals surface area contributed by atoms with Gasteiger partial charge in [-0.05, 0) is 45.2 Å². The molecule has 2 rings (SSSR count). The molecule has 2 atom stereocenters. The first kappa shape index (κ1) is 14.5. The minimum absolute atomic E-state index is 0.205. The van der Waals surface area contributed by atoms with E-state index in [9.17, 15) is 5.11 Å². The summed E-state index contributed by atoms with van der Waals surface area (Å²) in [6.07, 6.45) is 5.45. The molecule has 1 N–H and O–H groups in total. The van der Waals surface area contributed by atoms with Crippen LogP contribution >= 0.6 is 0 Å². The summed E-state index contributed by atoms with van der Waals surface area (Å²) in [5, 5.41) is 14.2. The number of hydrogen-bond donors (Lipinski definition) is 1. The van der Waals surface area contributed by atoms with Crippen LogP contribution in [0.2, 0.25) is 0 Å². The Kier molecular flexibility index (Phi) is 4.99. The van der Waals surface area contributed by atoms with E-state index >= 15 is 0 Å². The van der Waals surface area contributed by atoms with Crippen molar-refractivity contribution < 1.29 is 5.11 Å². The minimum Gasteiger partial charge on any atom is -0.393 e. The molecule has 1 aromatic rings. The van der Waals surface area contributed by atoms with E-state index in [0.717, 1.165) is 25.9 Å². The SMILES string of the molecule is CCc1cc(CN2CCCCC2CC(C)O)n(C)n1. The van der Waals surface area contributed by atoms with Crippen LogP contribution in [-0.2, 0) is 20.0 Å². The van der Waals surface area contributed by atoms with E-state index in [0.29, 0.717) is 6.04 Å². The standard InChI is InChI=1S/C15H27N3O/c1-4-13-10-15(17(3)16-13)11-18-8-6-5-7-14(18)9-12(2)19/h10,12,14,19H,4-9,11H2,1-3H3. The van der Waals surface area contributed by atoms with E-state index < -0.39 is 0 Å². The van der Waals surface area contributed by atoms with Crippen molar-refractivity contribution in [2.24, 2.45) is 7.05 Å². The van der Waals surface area contributed by atoms with Crippen molar-refractivity contribution in [3.63, 3.8) is 0 Å². The first-order valence-corrected chi connectivity index (χ1v) is 7.54. The van der Waals surface area contributed by atoms with Gasteiger partial charge in [0, 0.05) is 19.6 Å². The van der Waals surface area contributed by atoms with Crippen LogP contribution in [0.5, 0.6) is 0 Å². The predicted molar refractivity (Wildman–Crippen MR) is 76.9 cm³/mol. The lowest BCUT2D eigenvalue weighted by molar-refractivity contribution is 0.0801. The highest BCUT2D eigenvalue weighted by Crippen LogP contribution is 2.23. The molecule has 0 amide bonds. The molecule has 108 valence electrons. The minimum atomic E-state index is -0.205. The highest BCUT2D eigenvalue weighted by Gasteiger charge is 2.24. The van der Waals surface area contributed by atoms with Crippen molar-refractivity contribution in [1.82, 2.24) is 14.7 Å². The summed E-state index contributed by atoms with van der Waals surface area (Å²) in [7, 11) is 2.03. The molecule has 1 aromatic heterocycles. The molecular weight excluding hydrogens is 238 g/mol. The van der Waals surface area contributed by atoms with Gasteiger partial charge in [0.05, 0.1) is 17.5 Å².